The third kappa shape index (κ3) is 4.13. The van der Waals surface area contributed by atoms with Gasteiger partial charge in [-0.3, -0.25) is 4.79 Å². The standard InChI is InChI=1S/C12H14FNO2/c1-9(15)14-7-3-2-4-10-5-6-11(13)8-12(10)16/h2,4-6,8,16H,3,7H2,1H3,(H,14,15). The average molecular weight is 223 g/mol. The second-order valence-electron chi connectivity index (χ2n) is 3.38. The Bertz CT molecular complexity index is 402. The zero-order valence-corrected chi connectivity index (χ0v) is 9.03. The largest absolute Gasteiger partial charge is 0.507 e. The van der Waals surface area contributed by atoms with Gasteiger partial charge in [0.15, 0.2) is 0 Å². The minimum Gasteiger partial charge on any atom is -0.507 e. The van der Waals surface area contributed by atoms with Gasteiger partial charge in [0.05, 0.1) is 0 Å². The van der Waals surface area contributed by atoms with E-state index >= 15 is 0 Å². The maximum Gasteiger partial charge on any atom is 0.216 e. The third-order valence-corrected chi connectivity index (χ3v) is 1.97. The number of aromatic hydroxyl groups is 1. The van der Waals surface area contributed by atoms with E-state index in [0.29, 0.717) is 18.5 Å². The lowest BCUT2D eigenvalue weighted by atomic mass is 10.1. The van der Waals surface area contributed by atoms with Gasteiger partial charge < -0.3 is 10.4 Å². The number of benzene rings is 1. The number of nitrogens with one attached hydrogen (secondary N) is 1. The molecule has 16 heavy (non-hydrogen) atoms. The fourth-order valence-electron chi connectivity index (χ4n) is 1.20. The first-order chi connectivity index (χ1) is 7.59. The molecule has 4 heteroatoms. The molecule has 1 aromatic rings. The summed E-state index contributed by atoms with van der Waals surface area (Å²) in [4.78, 5) is 10.6. The Morgan fingerprint density at radius 1 is 1.56 bits per heavy atom. The first kappa shape index (κ1) is 12.2. The molecule has 3 nitrogen and oxygen atoms in total. The molecule has 0 saturated carbocycles. The van der Waals surface area contributed by atoms with Gasteiger partial charge in [-0.05, 0) is 18.6 Å². The molecule has 0 radical (unpaired) electrons. The fraction of sp³-hybridized carbons (Fsp3) is 0.250. The summed E-state index contributed by atoms with van der Waals surface area (Å²) in [6, 6.07) is 3.85. The molecule has 86 valence electrons. The normalized spacial score (nSPS) is 10.6. The summed E-state index contributed by atoms with van der Waals surface area (Å²) < 4.78 is 12.6. The molecule has 0 fully saturated rings. The van der Waals surface area contributed by atoms with Crippen LogP contribution >= 0.6 is 0 Å². The van der Waals surface area contributed by atoms with Gasteiger partial charge in [0.25, 0.3) is 0 Å². The van der Waals surface area contributed by atoms with Crippen molar-refractivity contribution < 1.29 is 14.3 Å². The minimum absolute atomic E-state index is 0.0713. The Balaban J connectivity index is 2.47. The van der Waals surface area contributed by atoms with Gasteiger partial charge in [0.1, 0.15) is 11.6 Å². The number of amides is 1. The molecule has 0 unspecified atom stereocenters. The van der Waals surface area contributed by atoms with Crippen LogP contribution in [0.3, 0.4) is 0 Å². The van der Waals surface area contributed by atoms with Gasteiger partial charge in [0.2, 0.25) is 5.91 Å². The molecule has 0 bridgehead atoms. The third-order valence-electron chi connectivity index (χ3n) is 1.97. The van der Waals surface area contributed by atoms with Gasteiger partial charge in [-0.2, -0.15) is 0 Å². The highest BCUT2D eigenvalue weighted by Gasteiger charge is 1.98. The van der Waals surface area contributed by atoms with Crippen molar-refractivity contribution in [1.29, 1.82) is 0 Å². The lowest BCUT2D eigenvalue weighted by Crippen LogP contribution is -2.20. The number of carbonyl (C=O) groups is 1. The first-order valence-electron chi connectivity index (χ1n) is 4.99. The van der Waals surface area contributed by atoms with Crippen LogP contribution in [0.4, 0.5) is 4.39 Å². The summed E-state index contributed by atoms with van der Waals surface area (Å²) in [5.74, 6) is -0.623. The SMILES string of the molecule is CC(=O)NCCC=Cc1ccc(F)cc1O. The van der Waals surface area contributed by atoms with Crippen molar-refractivity contribution in [2.75, 3.05) is 6.54 Å². The highest BCUT2D eigenvalue weighted by molar-refractivity contribution is 5.72. The molecule has 0 aromatic heterocycles. The smallest absolute Gasteiger partial charge is 0.216 e. The first-order valence-corrected chi connectivity index (χ1v) is 4.99. The topological polar surface area (TPSA) is 49.3 Å². The Morgan fingerprint density at radius 3 is 2.94 bits per heavy atom. The molecule has 2 N–H and O–H groups in total. The molecular weight excluding hydrogens is 209 g/mol. The zero-order chi connectivity index (χ0) is 12.0. The van der Waals surface area contributed by atoms with E-state index in [4.69, 9.17) is 0 Å². The van der Waals surface area contributed by atoms with Gasteiger partial charge in [-0.15, -0.1) is 0 Å². The summed E-state index contributed by atoms with van der Waals surface area (Å²) in [5.41, 5.74) is 0.559. The second kappa shape index (κ2) is 5.90. The van der Waals surface area contributed by atoms with E-state index in [0.717, 1.165) is 6.07 Å². The van der Waals surface area contributed by atoms with Crippen LogP contribution in [0.2, 0.25) is 0 Å². The van der Waals surface area contributed by atoms with Crippen LogP contribution in [0, 0.1) is 5.82 Å². The molecular formula is C12H14FNO2. The summed E-state index contributed by atoms with van der Waals surface area (Å²) in [6.45, 7) is 2.00. The minimum atomic E-state index is -0.465. The zero-order valence-electron chi connectivity index (χ0n) is 9.03. The van der Waals surface area contributed by atoms with E-state index in [1.54, 1.807) is 6.08 Å². The molecule has 1 rings (SSSR count). The summed E-state index contributed by atoms with van der Waals surface area (Å²) >= 11 is 0. The molecule has 0 aliphatic heterocycles. The van der Waals surface area contributed by atoms with Crippen LogP contribution in [0.25, 0.3) is 6.08 Å². The highest BCUT2D eigenvalue weighted by atomic mass is 19.1. The molecule has 1 aromatic carbocycles. The monoisotopic (exact) mass is 223 g/mol. The Kier molecular flexibility index (Phi) is 4.51. The maximum absolute atomic E-state index is 12.6. The molecule has 0 spiro atoms. The van der Waals surface area contributed by atoms with Crippen LogP contribution in [-0.2, 0) is 4.79 Å². The number of phenols is 1. The van der Waals surface area contributed by atoms with E-state index in [2.05, 4.69) is 5.32 Å². The number of rotatable bonds is 4. The van der Waals surface area contributed by atoms with Crippen molar-refractivity contribution in [2.24, 2.45) is 0 Å². The van der Waals surface area contributed by atoms with Crippen molar-refractivity contribution in [3.63, 3.8) is 0 Å². The molecule has 0 heterocycles. The molecule has 0 atom stereocenters. The van der Waals surface area contributed by atoms with Crippen LogP contribution in [0.1, 0.15) is 18.9 Å². The predicted octanol–water partition coefficient (Wildman–Crippen LogP) is 2.07. The van der Waals surface area contributed by atoms with Crippen molar-refractivity contribution in [2.45, 2.75) is 13.3 Å². The van der Waals surface area contributed by atoms with Gasteiger partial charge in [0, 0.05) is 25.1 Å². The van der Waals surface area contributed by atoms with Crippen molar-refractivity contribution in [3.05, 3.63) is 35.7 Å². The Labute approximate surface area is 93.6 Å². The Morgan fingerprint density at radius 2 is 2.31 bits per heavy atom. The van der Waals surface area contributed by atoms with E-state index in [1.807, 2.05) is 6.08 Å². The van der Waals surface area contributed by atoms with E-state index in [9.17, 15) is 14.3 Å². The number of hydrogen-bond acceptors (Lipinski definition) is 2. The van der Waals surface area contributed by atoms with Crippen LogP contribution in [0.15, 0.2) is 24.3 Å². The molecule has 0 aliphatic carbocycles. The second-order valence-corrected chi connectivity index (χ2v) is 3.38. The molecule has 0 aliphatic rings. The number of carbonyl (C=O) groups excluding carboxylic acids is 1. The van der Waals surface area contributed by atoms with Crippen LogP contribution in [0.5, 0.6) is 5.75 Å². The van der Waals surface area contributed by atoms with Gasteiger partial charge >= 0.3 is 0 Å². The summed E-state index contributed by atoms with van der Waals surface area (Å²) in [5, 5.41) is 12.0. The van der Waals surface area contributed by atoms with Crippen LogP contribution in [-0.4, -0.2) is 17.6 Å². The van der Waals surface area contributed by atoms with E-state index < -0.39 is 5.82 Å². The van der Waals surface area contributed by atoms with Crippen LogP contribution < -0.4 is 5.32 Å². The number of phenolic OH excluding ortho intramolecular Hbond substituents is 1. The van der Waals surface area contributed by atoms with Crippen molar-refractivity contribution in [3.8, 4) is 5.75 Å². The van der Waals surface area contributed by atoms with E-state index in [-0.39, 0.29) is 11.7 Å². The Hall–Kier alpha value is -1.84. The van der Waals surface area contributed by atoms with Crippen molar-refractivity contribution >= 4 is 12.0 Å². The quantitative estimate of drug-likeness (QED) is 0.768. The number of halogens is 1. The van der Waals surface area contributed by atoms with E-state index in [1.165, 1.54) is 19.1 Å². The van der Waals surface area contributed by atoms with Gasteiger partial charge in [-0.25, -0.2) is 4.39 Å². The number of hydrogen-bond donors (Lipinski definition) is 2. The predicted molar refractivity (Wildman–Crippen MR) is 60.4 cm³/mol. The average Bonchev–Trinajstić information content (AvgIpc) is 2.20. The highest BCUT2D eigenvalue weighted by Crippen LogP contribution is 2.19. The molecule has 0 saturated heterocycles. The lowest BCUT2D eigenvalue weighted by Gasteiger charge is -1.99. The molecule has 1 amide bonds. The fourth-order valence-corrected chi connectivity index (χ4v) is 1.20. The lowest BCUT2D eigenvalue weighted by molar-refractivity contribution is -0.118. The van der Waals surface area contributed by atoms with Crippen molar-refractivity contribution in [1.82, 2.24) is 5.32 Å². The maximum atomic E-state index is 12.6. The summed E-state index contributed by atoms with van der Waals surface area (Å²) in [7, 11) is 0. The van der Waals surface area contributed by atoms with Gasteiger partial charge in [-0.1, -0.05) is 12.2 Å². The summed E-state index contributed by atoms with van der Waals surface area (Å²) in [6.07, 6.45) is 4.16.